The molecule has 1 aliphatic rings. The highest BCUT2D eigenvalue weighted by atomic mass is 32.2. The molecule has 1 unspecified atom stereocenters. The fourth-order valence-corrected chi connectivity index (χ4v) is 4.19. The molecule has 0 radical (unpaired) electrons. The summed E-state index contributed by atoms with van der Waals surface area (Å²) in [5.74, 6) is 1.79. The molecule has 0 saturated carbocycles. The molecule has 2 heterocycles. The molecular weight excluding hydrogens is 424 g/mol. The summed E-state index contributed by atoms with van der Waals surface area (Å²) in [6, 6.07) is 15.3. The Bertz CT molecular complexity index is 1110. The molecule has 0 spiro atoms. The third kappa shape index (κ3) is 4.27. The number of ether oxygens (including phenoxy) is 2. The van der Waals surface area contributed by atoms with Crippen LogP contribution in [0.4, 0.5) is 5.69 Å². The third-order valence-corrected chi connectivity index (χ3v) is 5.72. The Morgan fingerprint density at radius 3 is 2.66 bits per heavy atom. The van der Waals surface area contributed by atoms with Crippen molar-refractivity contribution in [1.82, 2.24) is 15.2 Å². The van der Waals surface area contributed by atoms with Crippen molar-refractivity contribution in [2.24, 2.45) is 0 Å². The highest BCUT2D eigenvalue weighted by Crippen LogP contribution is 2.45. The van der Waals surface area contributed by atoms with Gasteiger partial charge in [-0.1, -0.05) is 55.9 Å². The lowest BCUT2D eigenvalue weighted by molar-refractivity contribution is -0.120. The Balaban J connectivity index is 1.95. The maximum absolute atomic E-state index is 13.4. The smallest absolute Gasteiger partial charge is 0.247 e. The van der Waals surface area contributed by atoms with Crippen LogP contribution in [0.3, 0.4) is 0 Å². The number of hydrogen-bond acceptors (Lipinski definition) is 7. The van der Waals surface area contributed by atoms with Crippen molar-refractivity contribution in [3.63, 3.8) is 0 Å². The van der Waals surface area contributed by atoms with Crippen molar-refractivity contribution < 1.29 is 14.3 Å². The van der Waals surface area contributed by atoms with E-state index in [9.17, 15) is 4.79 Å². The minimum Gasteiger partial charge on any atom is -0.493 e. The number of hydrogen-bond donors (Lipinski definition) is 0. The first kappa shape index (κ1) is 22.1. The van der Waals surface area contributed by atoms with E-state index in [2.05, 4.69) is 15.2 Å². The first-order chi connectivity index (χ1) is 15.7. The van der Waals surface area contributed by atoms with E-state index >= 15 is 0 Å². The van der Waals surface area contributed by atoms with Gasteiger partial charge in [-0.25, -0.2) is 0 Å². The van der Waals surface area contributed by atoms with Gasteiger partial charge in [0.15, 0.2) is 5.69 Å². The van der Waals surface area contributed by atoms with Crippen molar-refractivity contribution in [2.75, 3.05) is 17.3 Å². The van der Waals surface area contributed by atoms with Gasteiger partial charge in [-0.2, -0.15) is 4.98 Å². The van der Waals surface area contributed by atoms with E-state index < -0.39 is 6.23 Å². The summed E-state index contributed by atoms with van der Waals surface area (Å²) in [4.78, 5) is 19.8. The molecule has 0 aliphatic carbocycles. The lowest BCUT2D eigenvalue weighted by Crippen LogP contribution is -2.37. The molecule has 0 N–H and O–H groups in total. The molecule has 0 bridgehead atoms. The molecule has 1 amide bonds. The van der Waals surface area contributed by atoms with Gasteiger partial charge >= 0.3 is 0 Å². The second kappa shape index (κ2) is 9.99. The highest BCUT2D eigenvalue weighted by Gasteiger charge is 2.36. The van der Waals surface area contributed by atoms with Gasteiger partial charge in [-0.3, -0.25) is 9.69 Å². The molecule has 1 aromatic heterocycles. The molecule has 7 nitrogen and oxygen atoms in total. The summed E-state index contributed by atoms with van der Waals surface area (Å²) in [5, 5.41) is 9.24. The number of amides is 1. The van der Waals surface area contributed by atoms with Crippen LogP contribution in [0.5, 0.6) is 11.6 Å². The van der Waals surface area contributed by atoms with Crippen LogP contribution >= 0.6 is 11.8 Å². The molecular formula is C24H26N4O3S. The zero-order valence-electron chi connectivity index (χ0n) is 18.4. The highest BCUT2D eigenvalue weighted by molar-refractivity contribution is 7.99. The van der Waals surface area contributed by atoms with E-state index in [4.69, 9.17) is 9.47 Å². The SMILES string of the molecule is CCCC(=O)N1c2ccccc2-c2nnc(SCC)nc2OC1c1ccccc1OCC. The zero-order chi connectivity index (χ0) is 22.5. The van der Waals surface area contributed by atoms with Crippen LogP contribution in [-0.4, -0.2) is 33.4 Å². The molecule has 2 aromatic carbocycles. The lowest BCUT2D eigenvalue weighted by atomic mass is 10.1. The Hall–Kier alpha value is -3.13. The molecule has 8 heteroatoms. The fraction of sp³-hybridized carbons (Fsp3) is 0.333. The van der Waals surface area contributed by atoms with E-state index in [1.165, 1.54) is 11.8 Å². The van der Waals surface area contributed by atoms with Crippen LogP contribution in [0.25, 0.3) is 11.3 Å². The van der Waals surface area contributed by atoms with Crippen LogP contribution in [0.15, 0.2) is 53.7 Å². The summed E-state index contributed by atoms with van der Waals surface area (Å²) >= 11 is 1.49. The summed E-state index contributed by atoms with van der Waals surface area (Å²) in [6.07, 6.45) is 0.354. The largest absolute Gasteiger partial charge is 0.493 e. The average molecular weight is 451 g/mol. The number of para-hydroxylation sites is 2. The molecule has 1 aliphatic heterocycles. The molecule has 1 atom stereocenters. The second-order valence-electron chi connectivity index (χ2n) is 7.15. The fourth-order valence-electron chi connectivity index (χ4n) is 3.68. The van der Waals surface area contributed by atoms with Gasteiger partial charge in [0.05, 0.1) is 17.9 Å². The van der Waals surface area contributed by atoms with Crippen LogP contribution in [0.2, 0.25) is 0 Å². The molecule has 166 valence electrons. The lowest BCUT2D eigenvalue weighted by Gasteiger charge is -2.31. The third-order valence-electron chi connectivity index (χ3n) is 5.00. The molecule has 4 rings (SSSR count). The number of aromatic nitrogens is 3. The van der Waals surface area contributed by atoms with E-state index in [0.29, 0.717) is 41.2 Å². The minimum absolute atomic E-state index is 0.0415. The number of rotatable bonds is 7. The monoisotopic (exact) mass is 450 g/mol. The van der Waals surface area contributed by atoms with E-state index in [0.717, 1.165) is 23.3 Å². The van der Waals surface area contributed by atoms with Crippen LogP contribution in [-0.2, 0) is 4.79 Å². The quantitative estimate of drug-likeness (QED) is 0.454. The van der Waals surface area contributed by atoms with Crippen LogP contribution < -0.4 is 14.4 Å². The number of carbonyl (C=O) groups is 1. The first-order valence-electron chi connectivity index (χ1n) is 10.8. The van der Waals surface area contributed by atoms with Crippen LogP contribution in [0.1, 0.15) is 45.4 Å². The van der Waals surface area contributed by atoms with Gasteiger partial charge in [0.2, 0.25) is 23.2 Å². The number of benzene rings is 2. The van der Waals surface area contributed by atoms with E-state index in [1.54, 1.807) is 4.90 Å². The molecule has 3 aromatic rings. The van der Waals surface area contributed by atoms with Crippen LogP contribution in [0, 0.1) is 0 Å². The van der Waals surface area contributed by atoms with Crippen molar-refractivity contribution >= 4 is 23.4 Å². The maximum atomic E-state index is 13.4. The first-order valence-corrected chi connectivity index (χ1v) is 11.8. The van der Waals surface area contributed by atoms with Gasteiger partial charge < -0.3 is 9.47 Å². The van der Waals surface area contributed by atoms with E-state index in [-0.39, 0.29) is 5.91 Å². The number of fused-ring (bicyclic) bond motifs is 3. The predicted octanol–water partition coefficient (Wildman–Crippen LogP) is 5.27. The number of carbonyl (C=O) groups excluding carboxylic acids is 1. The summed E-state index contributed by atoms with van der Waals surface area (Å²) in [5.41, 5.74) is 2.75. The summed E-state index contributed by atoms with van der Waals surface area (Å²) in [7, 11) is 0. The molecule has 0 saturated heterocycles. The Labute approximate surface area is 192 Å². The summed E-state index contributed by atoms with van der Waals surface area (Å²) < 4.78 is 12.4. The van der Waals surface area contributed by atoms with Gasteiger partial charge in [0.25, 0.3) is 0 Å². The van der Waals surface area contributed by atoms with Gasteiger partial charge in [-0.05, 0) is 37.3 Å². The Morgan fingerprint density at radius 1 is 1.09 bits per heavy atom. The van der Waals surface area contributed by atoms with Crippen molar-refractivity contribution in [3.05, 3.63) is 54.1 Å². The van der Waals surface area contributed by atoms with Crippen molar-refractivity contribution in [1.29, 1.82) is 0 Å². The van der Waals surface area contributed by atoms with Crippen molar-refractivity contribution in [3.8, 4) is 22.9 Å². The predicted molar refractivity (Wildman–Crippen MR) is 125 cm³/mol. The maximum Gasteiger partial charge on any atom is 0.247 e. The number of thioether (sulfide) groups is 1. The zero-order valence-corrected chi connectivity index (χ0v) is 19.3. The molecule has 32 heavy (non-hydrogen) atoms. The van der Waals surface area contributed by atoms with Gasteiger partial charge in [0, 0.05) is 12.0 Å². The van der Waals surface area contributed by atoms with Gasteiger partial charge in [-0.15, -0.1) is 10.2 Å². The number of nitrogens with zero attached hydrogens (tertiary/aromatic N) is 4. The number of anilines is 1. The topological polar surface area (TPSA) is 77.4 Å². The Kier molecular flexibility index (Phi) is 6.90. The van der Waals surface area contributed by atoms with Gasteiger partial charge in [0.1, 0.15) is 5.75 Å². The molecule has 0 fully saturated rings. The van der Waals surface area contributed by atoms with Crippen molar-refractivity contribution in [2.45, 2.75) is 45.0 Å². The Morgan fingerprint density at radius 2 is 1.88 bits per heavy atom. The summed E-state index contributed by atoms with van der Waals surface area (Å²) in [6.45, 7) is 6.45. The standard InChI is InChI=1S/C24H26N4O3S/c1-4-11-20(29)28-18-14-9-7-12-16(18)21-22(25-24(27-26-21)32-6-3)31-23(28)17-13-8-10-15-19(17)30-5-2/h7-10,12-15,23H,4-6,11H2,1-3H3. The second-order valence-corrected chi connectivity index (χ2v) is 8.38. The minimum atomic E-state index is -0.754. The van der Waals surface area contributed by atoms with E-state index in [1.807, 2.05) is 69.3 Å². The average Bonchev–Trinajstić information content (AvgIpc) is 2.94. The normalized spacial score (nSPS) is 14.7.